The van der Waals surface area contributed by atoms with E-state index in [4.69, 9.17) is 0 Å². The number of nitrogens with zero attached hydrogens (tertiary/aromatic N) is 1. The molecule has 1 fully saturated rings. The molecule has 0 bridgehead atoms. The standard InChI is InChI=1S/C14H24N2S2/c1-12-4-5-13(18-12)10-15-6-7-16-8-9-17-14(2,3)11-16/h4-5,15H,6-11H2,1-3H3. The van der Waals surface area contributed by atoms with Crippen molar-refractivity contribution in [3.05, 3.63) is 21.9 Å². The van der Waals surface area contributed by atoms with Crippen LogP contribution in [0.4, 0.5) is 0 Å². The van der Waals surface area contributed by atoms with Crippen molar-refractivity contribution >= 4 is 23.1 Å². The first-order chi connectivity index (χ1) is 8.55. The largest absolute Gasteiger partial charge is 0.311 e. The van der Waals surface area contributed by atoms with E-state index in [1.807, 2.05) is 11.3 Å². The fourth-order valence-corrected chi connectivity index (χ4v) is 4.37. The van der Waals surface area contributed by atoms with E-state index in [1.165, 1.54) is 35.1 Å². The van der Waals surface area contributed by atoms with E-state index >= 15 is 0 Å². The van der Waals surface area contributed by atoms with Gasteiger partial charge in [-0.25, -0.2) is 0 Å². The normalized spacial score (nSPS) is 20.2. The summed E-state index contributed by atoms with van der Waals surface area (Å²) in [7, 11) is 0. The molecule has 0 amide bonds. The van der Waals surface area contributed by atoms with Crippen molar-refractivity contribution in [2.24, 2.45) is 0 Å². The molecule has 0 saturated carbocycles. The Balaban J connectivity index is 1.63. The minimum atomic E-state index is 0.434. The average Bonchev–Trinajstić information content (AvgIpc) is 2.69. The van der Waals surface area contributed by atoms with E-state index in [2.05, 4.69) is 54.9 Å². The Labute approximate surface area is 119 Å². The molecule has 1 aliphatic heterocycles. The molecule has 4 heteroatoms. The summed E-state index contributed by atoms with van der Waals surface area (Å²) in [6, 6.07) is 4.43. The number of rotatable bonds is 5. The van der Waals surface area contributed by atoms with E-state index in [0.717, 1.165) is 13.1 Å². The summed E-state index contributed by atoms with van der Waals surface area (Å²) in [4.78, 5) is 5.44. The number of nitrogens with one attached hydrogen (secondary N) is 1. The topological polar surface area (TPSA) is 15.3 Å². The monoisotopic (exact) mass is 284 g/mol. The van der Waals surface area contributed by atoms with Crippen molar-refractivity contribution in [1.29, 1.82) is 0 Å². The van der Waals surface area contributed by atoms with E-state index in [-0.39, 0.29) is 0 Å². The van der Waals surface area contributed by atoms with Gasteiger partial charge in [-0.2, -0.15) is 11.8 Å². The van der Waals surface area contributed by atoms with Gasteiger partial charge >= 0.3 is 0 Å². The fraction of sp³-hybridized carbons (Fsp3) is 0.714. The van der Waals surface area contributed by atoms with Crippen LogP contribution >= 0.6 is 23.1 Å². The quantitative estimate of drug-likeness (QED) is 0.837. The van der Waals surface area contributed by atoms with Crippen molar-refractivity contribution in [2.45, 2.75) is 32.1 Å². The van der Waals surface area contributed by atoms with Crippen molar-refractivity contribution in [1.82, 2.24) is 10.2 Å². The summed E-state index contributed by atoms with van der Waals surface area (Å²) < 4.78 is 0.434. The highest BCUT2D eigenvalue weighted by Crippen LogP contribution is 2.29. The molecule has 1 N–H and O–H groups in total. The van der Waals surface area contributed by atoms with E-state index < -0.39 is 0 Å². The van der Waals surface area contributed by atoms with Gasteiger partial charge in [-0.15, -0.1) is 11.3 Å². The van der Waals surface area contributed by atoms with Gasteiger partial charge in [-0.05, 0) is 32.9 Å². The summed E-state index contributed by atoms with van der Waals surface area (Å²) in [5.41, 5.74) is 0. The van der Waals surface area contributed by atoms with Crippen LogP contribution in [0.5, 0.6) is 0 Å². The molecular formula is C14H24N2S2. The Bertz CT molecular complexity index is 374. The third-order valence-electron chi connectivity index (χ3n) is 3.20. The summed E-state index contributed by atoms with van der Waals surface area (Å²) >= 11 is 4.00. The molecule has 2 heterocycles. The second kappa shape index (κ2) is 6.42. The highest BCUT2D eigenvalue weighted by Gasteiger charge is 2.26. The SMILES string of the molecule is Cc1ccc(CNCCN2CCSC(C)(C)C2)s1. The predicted octanol–water partition coefficient (Wildman–Crippen LogP) is 2.97. The molecule has 2 rings (SSSR count). The van der Waals surface area contributed by atoms with Gasteiger partial charge in [0, 0.05) is 53.0 Å². The van der Waals surface area contributed by atoms with Gasteiger partial charge in [0.2, 0.25) is 0 Å². The Hall–Kier alpha value is -0.0300. The summed E-state index contributed by atoms with van der Waals surface area (Å²) in [6.45, 7) is 12.6. The van der Waals surface area contributed by atoms with Crippen LogP contribution in [0.2, 0.25) is 0 Å². The van der Waals surface area contributed by atoms with E-state index in [1.54, 1.807) is 0 Å². The molecule has 0 atom stereocenters. The third-order valence-corrected chi connectivity index (χ3v) is 5.50. The van der Waals surface area contributed by atoms with Gasteiger partial charge in [0.05, 0.1) is 0 Å². The van der Waals surface area contributed by atoms with Crippen LogP contribution in [0.25, 0.3) is 0 Å². The average molecular weight is 284 g/mol. The molecule has 0 aliphatic carbocycles. The molecule has 1 aromatic heterocycles. The molecule has 18 heavy (non-hydrogen) atoms. The lowest BCUT2D eigenvalue weighted by Gasteiger charge is -2.37. The molecule has 1 saturated heterocycles. The zero-order chi connectivity index (χ0) is 13.0. The van der Waals surface area contributed by atoms with Gasteiger partial charge < -0.3 is 5.32 Å². The lowest BCUT2D eigenvalue weighted by atomic mass is 10.2. The molecule has 102 valence electrons. The zero-order valence-electron chi connectivity index (χ0n) is 11.7. The zero-order valence-corrected chi connectivity index (χ0v) is 13.3. The first-order valence-electron chi connectivity index (χ1n) is 6.67. The molecule has 0 radical (unpaired) electrons. The minimum Gasteiger partial charge on any atom is -0.311 e. The second-order valence-corrected chi connectivity index (χ2v) is 8.75. The summed E-state index contributed by atoms with van der Waals surface area (Å²) in [5, 5.41) is 3.55. The van der Waals surface area contributed by atoms with Crippen molar-refractivity contribution in [3.8, 4) is 0 Å². The molecular weight excluding hydrogens is 260 g/mol. The molecule has 1 aromatic rings. The summed E-state index contributed by atoms with van der Waals surface area (Å²) in [6.07, 6.45) is 0. The van der Waals surface area contributed by atoms with Gasteiger partial charge in [-0.3, -0.25) is 4.90 Å². The molecule has 1 aliphatic rings. The fourth-order valence-electron chi connectivity index (χ4n) is 2.33. The lowest BCUT2D eigenvalue weighted by Crippen LogP contribution is -2.45. The summed E-state index contributed by atoms with van der Waals surface area (Å²) in [5.74, 6) is 1.27. The van der Waals surface area contributed by atoms with Crippen LogP contribution in [-0.2, 0) is 6.54 Å². The Morgan fingerprint density at radius 2 is 2.22 bits per heavy atom. The maximum atomic E-state index is 3.55. The van der Waals surface area contributed by atoms with Crippen LogP contribution in [0.15, 0.2) is 12.1 Å². The maximum Gasteiger partial charge on any atom is 0.0300 e. The van der Waals surface area contributed by atoms with Crippen LogP contribution in [-0.4, -0.2) is 41.6 Å². The second-order valence-electron chi connectivity index (χ2n) is 5.57. The smallest absolute Gasteiger partial charge is 0.0300 e. The minimum absolute atomic E-state index is 0.434. The number of thioether (sulfide) groups is 1. The van der Waals surface area contributed by atoms with Crippen LogP contribution < -0.4 is 5.32 Å². The lowest BCUT2D eigenvalue weighted by molar-refractivity contribution is 0.260. The van der Waals surface area contributed by atoms with E-state index in [9.17, 15) is 0 Å². The first-order valence-corrected chi connectivity index (χ1v) is 8.48. The van der Waals surface area contributed by atoms with Gasteiger partial charge in [0.15, 0.2) is 0 Å². The van der Waals surface area contributed by atoms with Gasteiger partial charge in [-0.1, -0.05) is 0 Å². The molecule has 0 aromatic carbocycles. The molecule has 0 unspecified atom stereocenters. The number of thiophene rings is 1. The van der Waals surface area contributed by atoms with E-state index in [0.29, 0.717) is 4.75 Å². The first kappa shape index (κ1) is 14.4. The predicted molar refractivity (Wildman–Crippen MR) is 83.7 cm³/mol. The van der Waals surface area contributed by atoms with Crippen LogP contribution in [0.3, 0.4) is 0 Å². The molecule has 0 spiro atoms. The van der Waals surface area contributed by atoms with Gasteiger partial charge in [0.25, 0.3) is 0 Å². The Kier molecular flexibility index (Phi) is 5.13. The third kappa shape index (κ3) is 4.57. The molecule has 2 nitrogen and oxygen atoms in total. The number of hydrogen-bond donors (Lipinski definition) is 1. The maximum absolute atomic E-state index is 3.55. The van der Waals surface area contributed by atoms with Crippen LogP contribution in [0.1, 0.15) is 23.6 Å². The number of aryl methyl sites for hydroxylation is 1. The van der Waals surface area contributed by atoms with Crippen molar-refractivity contribution in [2.75, 3.05) is 31.9 Å². The van der Waals surface area contributed by atoms with Crippen molar-refractivity contribution in [3.63, 3.8) is 0 Å². The highest BCUT2D eigenvalue weighted by atomic mass is 32.2. The number of hydrogen-bond acceptors (Lipinski definition) is 4. The van der Waals surface area contributed by atoms with Crippen LogP contribution in [0, 0.1) is 6.92 Å². The van der Waals surface area contributed by atoms with Crippen molar-refractivity contribution < 1.29 is 0 Å². The Morgan fingerprint density at radius 1 is 1.39 bits per heavy atom. The van der Waals surface area contributed by atoms with Gasteiger partial charge in [0.1, 0.15) is 0 Å². The highest BCUT2D eigenvalue weighted by molar-refractivity contribution is 8.00. The Morgan fingerprint density at radius 3 is 2.89 bits per heavy atom.